The third-order valence-corrected chi connectivity index (χ3v) is 6.09. The summed E-state index contributed by atoms with van der Waals surface area (Å²) in [7, 11) is 1.34. The van der Waals surface area contributed by atoms with E-state index in [0.717, 1.165) is 39.7 Å². The first-order chi connectivity index (χ1) is 18.1. The van der Waals surface area contributed by atoms with Gasteiger partial charge in [-0.3, -0.25) is 4.79 Å². The lowest BCUT2D eigenvalue weighted by Crippen LogP contribution is -2.17. The summed E-state index contributed by atoms with van der Waals surface area (Å²) >= 11 is 0. The maximum atomic E-state index is 11.2. The Kier molecular flexibility index (Phi) is 12.7. The lowest BCUT2D eigenvalue weighted by Gasteiger charge is -2.21. The number of aryl methyl sites for hydroxylation is 3. The molecule has 7 nitrogen and oxygen atoms in total. The highest BCUT2D eigenvalue weighted by Crippen LogP contribution is 2.25. The van der Waals surface area contributed by atoms with Gasteiger partial charge in [0, 0.05) is 5.56 Å². The first-order valence-electron chi connectivity index (χ1n) is 12.6. The highest BCUT2D eigenvalue weighted by Gasteiger charge is 2.19. The van der Waals surface area contributed by atoms with Crippen molar-refractivity contribution in [1.29, 1.82) is 0 Å². The van der Waals surface area contributed by atoms with Crippen LogP contribution in [0.2, 0.25) is 0 Å². The fourth-order valence-corrected chi connectivity index (χ4v) is 3.90. The fourth-order valence-electron chi connectivity index (χ4n) is 3.90. The molecule has 212 valence electrons. The maximum Gasteiger partial charge on any atom is 0.338 e. The third kappa shape index (κ3) is 10.4. The molecular weight excluding hydrogens is 496 g/mol. The first kappa shape index (κ1) is 33.7. The molecule has 0 bridgehead atoms. The second-order valence-electron chi connectivity index (χ2n) is 10.4. The number of esters is 1. The van der Waals surface area contributed by atoms with E-state index in [2.05, 4.69) is 4.74 Å². The summed E-state index contributed by atoms with van der Waals surface area (Å²) in [5, 5.41) is 37.4. The van der Waals surface area contributed by atoms with Gasteiger partial charge in [-0.15, -0.1) is 0 Å². The molecule has 7 heteroatoms. The summed E-state index contributed by atoms with van der Waals surface area (Å²) in [6.45, 7) is 12.6. The standard InChI is InChI=1S/C11H16O2.C11H14O2.C10H12O3/c2*1-8-4-5-9(7-12)6-10(8)11(2,3)13;1-7-3-4-8(6-11)5-9(7)10(12)13-2/h4-6,12-13H,7H2,1-3H3;4-7,13H,1-3H3;3-5,11H,6H2,1-2H3. The third-order valence-electron chi connectivity index (χ3n) is 6.09. The van der Waals surface area contributed by atoms with Crippen LogP contribution < -0.4 is 0 Å². The Balaban J connectivity index is 0.000000292. The molecule has 0 aliphatic carbocycles. The Hall–Kier alpha value is -3.36. The zero-order valence-corrected chi connectivity index (χ0v) is 24.2. The number of benzene rings is 3. The topological polar surface area (TPSA) is 124 Å². The Morgan fingerprint density at radius 1 is 0.744 bits per heavy atom. The van der Waals surface area contributed by atoms with E-state index >= 15 is 0 Å². The molecule has 0 atom stereocenters. The van der Waals surface area contributed by atoms with E-state index in [1.54, 1.807) is 58.0 Å². The number of methoxy groups -OCH3 is 1. The van der Waals surface area contributed by atoms with Crippen molar-refractivity contribution >= 4 is 12.3 Å². The number of carbonyl (C=O) groups is 2. The van der Waals surface area contributed by atoms with Crippen molar-refractivity contribution in [2.75, 3.05) is 7.11 Å². The van der Waals surface area contributed by atoms with Crippen LogP contribution >= 0.6 is 0 Å². The summed E-state index contributed by atoms with van der Waals surface area (Å²) in [6.07, 6.45) is 0.786. The largest absolute Gasteiger partial charge is 0.465 e. The molecule has 0 unspecified atom stereocenters. The molecule has 0 aliphatic rings. The molecule has 3 rings (SSSR count). The second kappa shape index (κ2) is 14.7. The Labute approximate surface area is 231 Å². The van der Waals surface area contributed by atoms with Crippen molar-refractivity contribution in [3.63, 3.8) is 0 Å². The zero-order chi connectivity index (χ0) is 30.0. The van der Waals surface area contributed by atoms with Gasteiger partial charge < -0.3 is 25.2 Å². The van der Waals surface area contributed by atoms with Crippen molar-refractivity contribution in [1.82, 2.24) is 0 Å². The second-order valence-corrected chi connectivity index (χ2v) is 10.4. The van der Waals surface area contributed by atoms with Crippen molar-refractivity contribution in [3.05, 3.63) is 105 Å². The van der Waals surface area contributed by atoms with E-state index < -0.39 is 11.2 Å². The van der Waals surface area contributed by atoms with Gasteiger partial charge in [0.1, 0.15) is 6.29 Å². The minimum atomic E-state index is -0.886. The molecule has 0 aliphatic heterocycles. The molecule has 4 N–H and O–H groups in total. The monoisotopic (exact) mass is 538 g/mol. The molecule has 3 aromatic carbocycles. The quantitative estimate of drug-likeness (QED) is 0.256. The average Bonchev–Trinajstić information content (AvgIpc) is 2.88. The van der Waals surface area contributed by atoms with Crippen molar-refractivity contribution < 1.29 is 34.8 Å². The minimum Gasteiger partial charge on any atom is -0.465 e. The predicted octanol–water partition coefficient (Wildman–Crippen LogP) is 5.02. The molecule has 0 spiro atoms. The van der Waals surface area contributed by atoms with Crippen LogP contribution in [0.1, 0.15) is 87.4 Å². The van der Waals surface area contributed by atoms with Crippen molar-refractivity contribution in [2.24, 2.45) is 0 Å². The summed E-state index contributed by atoms with van der Waals surface area (Å²) in [5.74, 6) is -0.368. The fraction of sp³-hybridized carbons (Fsp3) is 0.375. The number of hydrogen-bond donors (Lipinski definition) is 4. The van der Waals surface area contributed by atoms with Gasteiger partial charge in [0.25, 0.3) is 0 Å². The van der Waals surface area contributed by atoms with Crippen LogP contribution in [0.4, 0.5) is 0 Å². The van der Waals surface area contributed by atoms with Crippen LogP contribution in [0, 0.1) is 20.8 Å². The van der Waals surface area contributed by atoms with Crippen molar-refractivity contribution in [3.8, 4) is 0 Å². The number of hydrogen-bond acceptors (Lipinski definition) is 7. The van der Waals surface area contributed by atoms with Gasteiger partial charge >= 0.3 is 5.97 Å². The molecule has 0 aromatic heterocycles. The zero-order valence-electron chi connectivity index (χ0n) is 24.2. The maximum absolute atomic E-state index is 11.2. The molecule has 0 saturated carbocycles. The number of aldehydes is 1. The molecule has 0 fully saturated rings. The highest BCUT2D eigenvalue weighted by molar-refractivity contribution is 5.91. The summed E-state index contributed by atoms with van der Waals surface area (Å²) < 4.78 is 4.60. The Morgan fingerprint density at radius 3 is 1.62 bits per heavy atom. The van der Waals surface area contributed by atoms with Crippen molar-refractivity contribution in [2.45, 2.75) is 72.9 Å². The predicted molar refractivity (Wildman–Crippen MR) is 153 cm³/mol. The summed E-state index contributed by atoms with van der Waals surface area (Å²) in [5.41, 5.74) is 5.51. The SMILES string of the molecule is COC(=O)c1cc(CO)ccc1C.Cc1ccc(C=O)cc1C(C)(C)O.Cc1ccc(CO)cc1C(C)(C)O. The van der Waals surface area contributed by atoms with E-state index in [4.69, 9.17) is 10.2 Å². The Bertz CT molecular complexity index is 1250. The van der Waals surface area contributed by atoms with E-state index in [0.29, 0.717) is 16.7 Å². The number of ether oxygens (including phenoxy) is 1. The highest BCUT2D eigenvalue weighted by atomic mass is 16.5. The molecule has 0 amide bonds. The molecule has 0 heterocycles. The average molecular weight is 539 g/mol. The van der Waals surface area contributed by atoms with Crippen LogP contribution in [-0.2, 0) is 29.2 Å². The van der Waals surface area contributed by atoms with Gasteiger partial charge in [-0.25, -0.2) is 4.79 Å². The number of carbonyl (C=O) groups excluding carboxylic acids is 2. The van der Waals surface area contributed by atoms with E-state index in [1.807, 2.05) is 45.0 Å². The smallest absolute Gasteiger partial charge is 0.338 e. The van der Waals surface area contributed by atoms with Gasteiger partial charge in [-0.2, -0.15) is 0 Å². The molecule has 39 heavy (non-hydrogen) atoms. The lowest BCUT2D eigenvalue weighted by molar-refractivity contribution is 0.0599. The van der Waals surface area contributed by atoms with E-state index in [1.165, 1.54) is 7.11 Å². The molecular formula is C32H42O7. The summed E-state index contributed by atoms with van der Waals surface area (Å²) in [4.78, 5) is 21.7. The number of aliphatic hydroxyl groups excluding tert-OH is 2. The molecule has 0 saturated heterocycles. The van der Waals surface area contributed by atoms with Gasteiger partial charge in [0.15, 0.2) is 0 Å². The van der Waals surface area contributed by atoms with E-state index in [9.17, 15) is 19.8 Å². The van der Waals surface area contributed by atoms with Gasteiger partial charge in [-0.1, -0.05) is 42.5 Å². The number of rotatable bonds is 6. The van der Waals surface area contributed by atoms with Gasteiger partial charge in [0.2, 0.25) is 0 Å². The number of aliphatic hydroxyl groups is 4. The first-order valence-corrected chi connectivity index (χ1v) is 12.6. The lowest BCUT2D eigenvalue weighted by atomic mass is 9.92. The van der Waals surface area contributed by atoms with E-state index in [-0.39, 0.29) is 19.2 Å². The van der Waals surface area contributed by atoms with Crippen LogP contribution in [0.3, 0.4) is 0 Å². The van der Waals surface area contributed by atoms with Crippen LogP contribution in [0.15, 0.2) is 54.6 Å². The van der Waals surface area contributed by atoms with Crippen LogP contribution in [0.25, 0.3) is 0 Å². The van der Waals surface area contributed by atoms with Gasteiger partial charge in [-0.05, 0) is 99.5 Å². The molecule has 3 aromatic rings. The summed E-state index contributed by atoms with van der Waals surface area (Å²) in [6, 6.07) is 16.1. The normalized spacial score (nSPS) is 11.0. The Morgan fingerprint density at radius 2 is 1.18 bits per heavy atom. The minimum absolute atomic E-state index is 0.0172. The van der Waals surface area contributed by atoms with Crippen LogP contribution in [0.5, 0.6) is 0 Å². The van der Waals surface area contributed by atoms with Crippen LogP contribution in [-0.4, -0.2) is 39.8 Å². The van der Waals surface area contributed by atoms with Gasteiger partial charge in [0.05, 0.1) is 37.1 Å². The molecule has 0 radical (unpaired) electrons.